The fourth-order valence-corrected chi connectivity index (χ4v) is 2.77. The Labute approximate surface area is 109 Å². The number of amides is 1. The van der Waals surface area contributed by atoms with Crippen LogP contribution in [0.15, 0.2) is 0 Å². The number of nitrogens with zero attached hydrogens (tertiary/aromatic N) is 2. The first-order valence-corrected chi connectivity index (χ1v) is 6.86. The van der Waals surface area contributed by atoms with Crippen LogP contribution < -0.4 is 0 Å². The highest BCUT2D eigenvalue weighted by Gasteiger charge is 2.24. The molecule has 0 bridgehead atoms. The standard InChI is InChI=1S/C13H24N2O3/c1-17-11-12-3-2-4-14(9-12)10-13(16)15-5-7-18-8-6-15/h12H,2-11H2,1H3/t12-/m0/s1. The fourth-order valence-electron chi connectivity index (χ4n) is 2.77. The molecule has 0 aromatic carbocycles. The summed E-state index contributed by atoms with van der Waals surface area (Å²) in [6, 6.07) is 0. The molecule has 0 radical (unpaired) electrons. The first-order valence-electron chi connectivity index (χ1n) is 6.86. The van der Waals surface area contributed by atoms with Crippen LogP contribution in [-0.2, 0) is 14.3 Å². The van der Waals surface area contributed by atoms with Gasteiger partial charge in [0.05, 0.1) is 26.4 Å². The van der Waals surface area contributed by atoms with E-state index >= 15 is 0 Å². The lowest BCUT2D eigenvalue weighted by atomic mass is 9.99. The Balaban J connectivity index is 1.75. The molecule has 2 aliphatic rings. The van der Waals surface area contributed by atoms with Crippen LogP contribution >= 0.6 is 0 Å². The molecule has 2 saturated heterocycles. The Hall–Kier alpha value is -0.650. The SMILES string of the molecule is COC[C@H]1CCCN(CC(=O)N2CCOCC2)C1. The Bertz CT molecular complexity index is 265. The molecule has 0 unspecified atom stereocenters. The molecule has 5 heteroatoms. The lowest BCUT2D eigenvalue weighted by molar-refractivity contribution is -0.137. The van der Waals surface area contributed by atoms with Crippen LogP contribution in [0, 0.1) is 5.92 Å². The van der Waals surface area contributed by atoms with Gasteiger partial charge < -0.3 is 14.4 Å². The Morgan fingerprint density at radius 2 is 2.11 bits per heavy atom. The van der Waals surface area contributed by atoms with E-state index in [4.69, 9.17) is 9.47 Å². The average Bonchev–Trinajstić information content (AvgIpc) is 2.40. The number of carbonyl (C=O) groups excluding carboxylic acids is 1. The lowest BCUT2D eigenvalue weighted by Gasteiger charge is -2.34. The van der Waals surface area contributed by atoms with Crippen LogP contribution in [-0.4, -0.2) is 75.4 Å². The molecule has 2 fully saturated rings. The van der Waals surface area contributed by atoms with Crippen LogP contribution in [0.2, 0.25) is 0 Å². The van der Waals surface area contributed by atoms with Gasteiger partial charge in [-0.3, -0.25) is 9.69 Å². The number of ether oxygens (including phenoxy) is 2. The highest BCUT2D eigenvalue weighted by Crippen LogP contribution is 2.16. The van der Waals surface area contributed by atoms with Crippen molar-refractivity contribution in [2.45, 2.75) is 12.8 Å². The molecule has 0 spiro atoms. The van der Waals surface area contributed by atoms with E-state index in [9.17, 15) is 4.79 Å². The molecule has 104 valence electrons. The molecule has 1 amide bonds. The third-order valence-electron chi connectivity index (χ3n) is 3.73. The van der Waals surface area contributed by atoms with Crippen molar-refractivity contribution in [3.8, 4) is 0 Å². The van der Waals surface area contributed by atoms with Gasteiger partial charge in [-0.1, -0.05) is 0 Å². The Kier molecular flexibility index (Phi) is 5.41. The summed E-state index contributed by atoms with van der Waals surface area (Å²) in [5.74, 6) is 0.831. The van der Waals surface area contributed by atoms with E-state index in [1.54, 1.807) is 7.11 Å². The van der Waals surface area contributed by atoms with Crippen molar-refractivity contribution in [2.24, 2.45) is 5.92 Å². The largest absolute Gasteiger partial charge is 0.384 e. The summed E-state index contributed by atoms with van der Waals surface area (Å²) in [7, 11) is 1.75. The molecular formula is C13H24N2O3. The maximum absolute atomic E-state index is 12.1. The molecule has 0 saturated carbocycles. The maximum atomic E-state index is 12.1. The zero-order valence-corrected chi connectivity index (χ0v) is 11.3. The summed E-state index contributed by atoms with van der Waals surface area (Å²) in [6.07, 6.45) is 2.39. The van der Waals surface area contributed by atoms with Crippen LogP contribution in [0.1, 0.15) is 12.8 Å². The summed E-state index contributed by atoms with van der Waals surface area (Å²) >= 11 is 0. The normalized spacial score (nSPS) is 26.3. The van der Waals surface area contributed by atoms with Crippen LogP contribution in [0.4, 0.5) is 0 Å². The van der Waals surface area contributed by atoms with Gasteiger partial charge in [0.25, 0.3) is 0 Å². The number of methoxy groups -OCH3 is 1. The Morgan fingerprint density at radius 3 is 2.83 bits per heavy atom. The number of hydrogen-bond acceptors (Lipinski definition) is 4. The average molecular weight is 256 g/mol. The molecular weight excluding hydrogens is 232 g/mol. The molecule has 18 heavy (non-hydrogen) atoms. The van der Waals surface area contributed by atoms with Crippen molar-refractivity contribution < 1.29 is 14.3 Å². The first-order chi connectivity index (χ1) is 8.79. The molecule has 1 atom stereocenters. The smallest absolute Gasteiger partial charge is 0.236 e. The number of likely N-dealkylation sites (tertiary alicyclic amines) is 1. The summed E-state index contributed by atoms with van der Waals surface area (Å²) in [6.45, 7) is 6.24. The predicted octanol–water partition coefficient (Wildman–Crippen LogP) is 0.204. The van der Waals surface area contributed by atoms with E-state index in [0.717, 1.165) is 32.8 Å². The van der Waals surface area contributed by atoms with Crippen molar-refractivity contribution in [3.63, 3.8) is 0 Å². The van der Waals surface area contributed by atoms with Crippen molar-refractivity contribution in [1.82, 2.24) is 9.80 Å². The molecule has 2 rings (SSSR count). The second-order valence-corrected chi connectivity index (χ2v) is 5.19. The topological polar surface area (TPSA) is 42.0 Å². The maximum Gasteiger partial charge on any atom is 0.236 e. The highest BCUT2D eigenvalue weighted by molar-refractivity contribution is 5.78. The molecule has 0 aliphatic carbocycles. The second-order valence-electron chi connectivity index (χ2n) is 5.19. The van der Waals surface area contributed by atoms with Gasteiger partial charge in [0.1, 0.15) is 0 Å². The molecule has 5 nitrogen and oxygen atoms in total. The number of carbonyl (C=O) groups is 1. The van der Waals surface area contributed by atoms with E-state index in [-0.39, 0.29) is 5.91 Å². The summed E-state index contributed by atoms with van der Waals surface area (Å²) < 4.78 is 10.5. The van der Waals surface area contributed by atoms with Crippen molar-refractivity contribution in [2.75, 3.05) is 59.7 Å². The first kappa shape index (κ1) is 13.8. The quantitative estimate of drug-likeness (QED) is 0.721. The number of morpholine rings is 1. The minimum absolute atomic E-state index is 0.247. The molecule has 0 aromatic rings. The van der Waals surface area contributed by atoms with Gasteiger partial charge in [-0.25, -0.2) is 0 Å². The van der Waals surface area contributed by atoms with E-state index < -0.39 is 0 Å². The third kappa shape index (κ3) is 3.93. The van der Waals surface area contributed by atoms with Gasteiger partial charge >= 0.3 is 0 Å². The Morgan fingerprint density at radius 1 is 1.33 bits per heavy atom. The molecule has 0 N–H and O–H groups in total. The van der Waals surface area contributed by atoms with E-state index in [1.165, 1.54) is 12.8 Å². The zero-order chi connectivity index (χ0) is 12.8. The van der Waals surface area contributed by atoms with Gasteiger partial charge in [-0.05, 0) is 25.3 Å². The summed E-state index contributed by atoms with van der Waals surface area (Å²) in [4.78, 5) is 16.3. The van der Waals surface area contributed by atoms with Gasteiger partial charge in [0, 0.05) is 26.7 Å². The van der Waals surface area contributed by atoms with Gasteiger partial charge in [0.2, 0.25) is 5.91 Å². The molecule has 2 heterocycles. The molecule has 0 aromatic heterocycles. The second kappa shape index (κ2) is 7.07. The van der Waals surface area contributed by atoms with E-state index in [0.29, 0.717) is 25.7 Å². The summed E-state index contributed by atoms with van der Waals surface area (Å²) in [5, 5.41) is 0. The zero-order valence-electron chi connectivity index (χ0n) is 11.3. The van der Waals surface area contributed by atoms with Gasteiger partial charge in [-0.15, -0.1) is 0 Å². The van der Waals surface area contributed by atoms with Crippen molar-refractivity contribution in [3.05, 3.63) is 0 Å². The number of rotatable bonds is 4. The van der Waals surface area contributed by atoms with E-state index in [2.05, 4.69) is 4.90 Å². The lowest BCUT2D eigenvalue weighted by Crippen LogP contribution is -2.48. The van der Waals surface area contributed by atoms with Crippen LogP contribution in [0.5, 0.6) is 0 Å². The third-order valence-corrected chi connectivity index (χ3v) is 3.73. The van der Waals surface area contributed by atoms with Gasteiger partial charge in [-0.2, -0.15) is 0 Å². The van der Waals surface area contributed by atoms with Crippen LogP contribution in [0.25, 0.3) is 0 Å². The monoisotopic (exact) mass is 256 g/mol. The minimum atomic E-state index is 0.247. The van der Waals surface area contributed by atoms with E-state index in [1.807, 2.05) is 4.90 Å². The minimum Gasteiger partial charge on any atom is -0.384 e. The number of hydrogen-bond donors (Lipinski definition) is 0. The highest BCUT2D eigenvalue weighted by atomic mass is 16.5. The summed E-state index contributed by atoms with van der Waals surface area (Å²) in [5.41, 5.74) is 0. The van der Waals surface area contributed by atoms with Crippen LogP contribution in [0.3, 0.4) is 0 Å². The molecule has 2 aliphatic heterocycles. The fraction of sp³-hybridized carbons (Fsp3) is 0.923. The van der Waals surface area contributed by atoms with Crippen molar-refractivity contribution in [1.29, 1.82) is 0 Å². The van der Waals surface area contributed by atoms with Crippen molar-refractivity contribution >= 4 is 5.91 Å². The number of piperidine rings is 1. The predicted molar refractivity (Wildman–Crippen MR) is 68.4 cm³/mol. The van der Waals surface area contributed by atoms with Gasteiger partial charge in [0.15, 0.2) is 0 Å².